The fourth-order valence-corrected chi connectivity index (χ4v) is 4.09. The van der Waals surface area contributed by atoms with E-state index < -0.39 is 0 Å². The third kappa shape index (κ3) is 4.62. The lowest BCUT2D eigenvalue weighted by atomic mass is 9.97. The second kappa shape index (κ2) is 9.31. The third-order valence-corrected chi connectivity index (χ3v) is 5.67. The van der Waals surface area contributed by atoms with Gasteiger partial charge < -0.3 is 18.9 Å². The topological polar surface area (TPSA) is 40.2 Å². The van der Waals surface area contributed by atoms with Gasteiger partial charge in [0.05, 0.1) is 21.3 Å². The Balaban J connectivity index is 1.66. The van der Waals surface area contributed by atoms with E-state index in [1.165, 1.54) is 11.1 Å². The zero-order valence-electron chi connectivity index (χ0n) is 18.6. The molecule has 4 rings (SSSR count). The molecule has 3 aromatic carbocycles. The summed E-state index contributed by atoms with van der Waals surface area (Å²) in [4.78, 5) is 2.38. The van der Waals surface area contributed by atoms with Crippen LogP contribution in [0.3, 0.4) is 0 Å². The maximum absolute atomic E-state index is 6.13. The molecule has 1 heterocycles. The highest BCUT2D eigenvalue weighted by atomic mass is 16.5. The smallest absolute Gasteiger partial charge is 0.165 e. The van der Waals surface area contributed by atoms with Crippen LogP contribution in [0.1, 0.15) is 16.7 Å². The normalized spacial score (nSPS) is 13.7. The predicted molar refractivity (Wildman–Crippen MR) is 122 cm³/mol. The zero-order chi connectivity index (χ0) is 21.8. The summed E-state index contributed by atoms with van der Waals surface area (Å²) in [6.07, 6.45) is 0. The van der Waals surface area contributed by atoms with Crippen molar-refractivity contribution >= 4 is 0 Å². The number of fused-ring (bicyclic) bond motifs is 1. The molecule has 1 aliphatic rings. The van der Waals surface area contributed by atoms with E-state index in [2.05, 4.69) is 60.4 Å². The highest BCUT2D eigenvalue weighted by Crippen LogP contribution is 2.39. The van der Waals surface area contributed by atoms with Crippen molar-refractivity contribution in [2.24, 2.45) is 0 Å². The number of aryl methyl sites for hydroxylation is 1. The molecule has 0 aromatic heterocycles. The van der Waals surface area contributed by atoms with Gasteiger partial charge in [0.15, 0.2) is 11.5 Å². The molecule has 162 valence electrons. The van der Waals surface area contributed by atoms with Gasteiger partial charge in [0.2, 0.25) is 0 Å². The molecule has 0 spiro atoms. The number of benzene rings is 3. The molecule has 1 aliphatic heterocycles. The molecule has 0 atom stereocenters. The Morgan fingerprint density at radius 2 is 1.65 bits per heavy atom. The standard InChI is InChI=1S/C26H29NO4/c1-18-7-5-6-8-24(18)20-13-21-17-27(9-10-31-26(21)25(14-20)30-4)16-19-11-22(28-2)15-23(12-19)29-3/h5-8,11-15H,9-10,16-17H2,1-4H3. The van der Waals surface area contributed by atoms with Crippen molar-refractivity contribution in [1.29, 1.82) is 0 Å². The molecule has 0 unspecified atom stereocenters. The number of ether oxygens (including phenoxy) is 4. The van der Waals surface area contributed by atoms with Crippen molar-refractivity contribution in [2.45, 2.75) is 20.0 Å². The van der Waals surface area contributed by atoms with Crippen LogP contribution in [-0.2, 0) is 13.1 Å². The Morgan fingerprint density at radius 1 is 0.903 bits per heavy atom. The van der Waals surface area contributed by atoms with Gasteiger partial charge in [0.1, 0.15) is 18.1 Å². The number of methoxy groups -OCH3 is 3. The van der Waals surface area contributed by atoms with Gasteiger partial charge in [-0.1, -0.05) is 24.3 Å². The van der Waals surface area contributed by atoms with E-state index in [-0.39, 0.29) is 0 Å². The van der Waals surface area contributed by atoms with Crippen molar-refractivity contribution in [3.8, 4) is 34.1 Å². The summed E-state index contributed by atoms with van der Waals surface area (Å²) >= 11 is 0. The average molecular weight is 420 g/mol. The van der Waals surface area contributed by atoms with Crippen molar-refractivity contribution < 1.29 is 18.9 Å². The minimum absolute atomic E-state index is 0.605. The van der Waals surface area contributed by atoms with E-state index in [9.17, 15) is 0 Å². The molecule has 0 radical (unpaired) electrons. The SMILES string of the molecule is COc1cc(CN2CCOc3c(cc(-c4ccccc4C)cc3OC)C2)cc(OC)c1. The van der Waals surface area contributed by atoms with Crippen LogP contribution in [0.25, 0.3) is 11.1 Å². The summed E-state index contributed by atoms with van der Waals surface area (Å²) in [5.74, 6) is 3.21. The Hall–Kier alpha value is -3.18. The lowest BCUT2D eigenvalue weighted by Gasteiger charge is -2.21. The number of nitrogens with zero attached hydrogens (tertiary/aromatic N) is 1. The second-order valence-corrected chi connectivity index (χ2v) is 7.76. The van der Waals surface area contributed by atoms with Crippen molar-refractivity contribution in [1.82, 2.24) is 4.90 Å². The van der Waals surface area contributed by atoms with Crippen LogP contribution in [0.4, 0.5) is 0 Å². The summed E-state index contributed by atoms with van der Waals surface area (Å²) in [5, 5.41) is 0. The van der Waals surface area contributed by atoms with Gasteiger partial charge in [-0.25, -0.2) is 0 Å². The Kier molecular flexibility index (Phi) is 6.33. The number of rotatable bonds is 6. The van der Waals surface area contributed by atoms with E-state index in [1.807, 2.05) is 6.07 Å². The van der Waals surface area contributed by atoms with Crippen molar-refractivity contribution in [2.75, 3.05) is 34.5 Å². The quantitative estimate of drug-likeness (QED) is 0.557. The first-order chi connectivity index (χ1) is 15.1. The number of hydrogen-bond donors (Lipinski definition) is 0. The molecule has 0 N–H and O–H groups in total. The highest BCUT2D eigenvalue weighted by molar-refractivity contribution is 5.72. The van der Waals surface area contributed by atoms with Crippen LogP contribution in [0.15, 0.2) is 54.6 Å². The maximum Gasteiger partial charge on any atom is 0.165 e. The average Bonchev–Trinajstić information content (AvgIpc) is 3.00. The van der Waals surface area contributed by atoms with E-state index in [0.29, 0.717) is 6.61 Å². The monoisotopic (exact) mass is 419 g/mol. The Morgan fingerprint density at radius 3 is 2.32 bits per heavy atom. The molecule has 0 aliphatic carbocycles. The van der Waals surface area contributed by atoms with E-state index in [4.69, 9.17) is 18.9 Å². The van der Waals surface area contributed by atoms with Gasteiger partial charge in [-0.3, -0.25) is 4.90 Å². The fraction of sp³-hybridized carbons (Fsp3) is 0.308. The van der Waals surface area contributed by atoms with E-state index >= 15 is 0 Å². The summed E-state index contributed by atoms with van der Waals surface area (Å²) in [7, 11) is 5.05. The molecule has 0 fully saturated rings. The summed E-state index contributed by atoms with van der Waals surface area (Å²) < 4.78 is 22.7. The predicted octanol–water partition coefficient (Wildman–Crippen LogP) is 5.08. The lowest BCUT2D eigenvalue weighted by molar-refractivity contribution is 0.216. The largest absolute Gasteiger partial charge is 0.497 e. The lowest BCUT2D eigenvalue weighted by Crippen LogP contribution is -2.25. The summed E-state index contributed by atoms with van der Waals surface area (Å²) in [6.45, 7) is 5.09. The summed E-state index contributed by atoms with van der Waals surface area (Å²) in [6, 6.07) is 18.7. The first-order valence-electron chi connectivity index (χ1n) is 10.4. The van der Waals surface area contributed by atoms with Crippen LogP contribution in [0, 0.1) is 6.92 Å². The first-order valence-corrected chi connectivity index (χ1v) is 10.4. The molecular formula is C26H29NO4. The molecule has 0 saturated heterocycles. The van der Waals surface area contributed by atoms with Gasteiger partial charge in [-0.05, 0) is 53.4 Å². The number of hydrogen-bond acceptors (Lipinski definition) is 5. The Labute approximate surface area is 184 Å². The van der Waals surface area contributed by atoms with Gasteiger partial charge in [-0.2, -0.15) is 0 Å². The van der Waals surface area contributed by atoms with Crippen LogP contribution >= 0.6 is 0 Å². The molecule has 0 bridgehead atoms. The minimum Gasteiger partial charge on any atom is -0.497 e. The highest BCUT2D eigenvalue weighted by Gasteiger charge is 2.21. The third-order valence-electron chi connectivity index (χ3n) is 5.67. The van der Waals surface area contributed by atoms with Crippen molar-refractivity contribution in [3.63, 3.8) is 0 Å². The zero-order valence-corrected chi connectivity index (χ0v) is 18.6. The second-order valence-electron chi connectivity index (χ2n) is 7.76. The molecule has 3 aromatic rings. The first kappa shape index (κ1) is 21.1. The fourth-order valence-electron chi connectivity index (χ4n) is 4.09. The van der Waals surface area contributed by atoms with Crippen LogP contribution in [0.2, 0.25) is 0 Å². The van der Waals surface area contributed by atoms with Gasteiger partial charge >= 0.3 is 0 Å². The molecule has 0 amide bonds. The summed E-state index contributed by atoms with van der Waals surface area (Å²) in [5.41, 5.74) is 5.85. The Bertz CT molecular complexity index is 1040. The van der Waals surface area contributed by atoms with Gasteiger partial charge in [0.25, 0.3) is 0 Å². The van der Waals surface area contributed by atoms with Crippen LogP contribution in [-0.4, -0.2) is 39.4 Å². The van der Waals surface area contributed by atoms with Crippen molar-refractivity contribution in [3.05, 3.63) is 71.3 Å². The van der Waals surface area contributed by atoms with Gasteiger partial charge in [-0.15, -0.1) is 0 Å². The minimum atomic E-state index is 0.605. The maximum atomic E-state index is 6.13. The molecular weight excluding hydrogens is 390 g/mol. The van der Waals surface area contributed by atoms with Gasteiger partial charge in [0, 0.05) is 31.3 Å². The molecule has 31 heavy (non-hydrogen) atoms. The van der Waals surface area contributed by atoms with Crippen LogP contribution < -0.4 is 18.9 Å². The van der Waals surface area contributed by atoms with E-state index in [1.54, 1.807) is 21.3 Å². The molecule has 5 heteroatoms. The molecule has 0 saturated carbocycles. The van der Waals surface area contributed by atoms with E-state index in [0.717, 1.165) is 59.3 Å². The van der Waals surface area contributed by atoms with Crippen LogP contribution in [0.5, 0.6) is 23.0 Å². The molecule has 5 nitrogen and oxygen atoms in total.